The SMILES string of the molecule is CCC1(CC)CCN(CCN2CCNCC2)CC1. The van der Waals surface area contributed by atoms with Crippen LogP contribution in [0.4, 0.5) is 0 Å². The van der Waals surface area contributed by atoms with E-state index in [4.69, 9.17) is 0 Å². The lowest BCUT2D eigenvalue weighted by atomic mass is 9.74. The van der Waals surface area contributed by atoms with Crippen molar-refractivity contribution < 1.29 is 0 Å². The Morgan fingerprint density at radius 3 is 1.83 bits per heavy atom. The molecule has 2 aliphatic heterocycles. The van der Waals surface area contributed by atoms with E-state index in [-0.39, 0.29) is 0 Å². The summed E-state index contributed by atoms with van der Waals surface area (Å²) in [5, 5.41) is 3.42. The number of rotatable bonds is 5. The second-order valence-electron chi connectivity index (χ2n) is 6.14. The Hall–Kier alpha value is -0.120. The average molecular weight is 253 g/mol. The molecule has 0 bridgehead atoms. The molecule has 2 fully saturated rings. The maximum atomic E-state index is 3.42. The van der Waals surface area contributed by atoms with Gasteiger partial charge in [-0.1, -0.05) is 26.7 Å². The van der Waals surface area contributed by atoms with Crippen molar-refractivity contribution in [1.82, 2.24) is 15.1 Å². The van der Waals surface area contributed by atoms with Crippen LogP contribution in [0.2, 0.25) is 0 Å². The molecule has 2 rings (SSSR count). The van der Waals surface area contributed by atoms with E-state index in [2.05, 4.69) is 29.0 Å². The number of nitrogens with zero attached hydrogens (tertiary/aromatic N) is 2. The molecule has 0 radical (unpaired) electrons. The van der Waals surface area contributed by atoms with Crippen LogP contribution in [0.1, 0.15) is 39.5 Å². The molecule has 2 saturated heterocycles. The van der Waals surface area contributed by atoms with Crippen LogP contribution in [-0.4, -0.2) is 62.2 Å². The first-order chi connectivity index (χ1) is 8.78. The quantitative estimate of drug-likeness (QED) is 0.806. The number of piperazine rings is 1. The minimum Gasteiger partial charge on any atom is -0.314 e. The van der Waals surface area contributed by atoms with Gasteiger partial charge in [-0.25, -0.2) is 0 Å². The second kappa shape index (κ2) is 6.88. The summed E-state index contributed by atoms with van der Waals surface area (Å²) in [6, 6.07) is 0. The number of nitrogens with one attached hydrogen (secondary N) is 1. The number of hydrogen-bond acceptors (Lipinski definition) is 3. The Bertz CT molecular complexity index is 222. The van der Waals surface area contributed by atoms with Crippen LogP contribution in [0.25, 0.3) is 0 Å². The third-order valence-corrected chi connectivity index (χ3v) is 5.36. The fourth-order valence-corrected chi connectivity index (χ4v) is 3.43. The van der Waals surface area contributed by atoms with Gasteiger partial charge in [0, 0.05) is 39.3 Å². The topological polar surface area (TPSA) is 18.5 Å². The molecule has 1 N–H and O–H groups in total. The molecule has 0 aliphatic carbocycles. The Morgan fingerprint density at radius 2 is 1.33 bits per heavy atom. The highest BCUT2D eigenvalue weighted by Crippen LogP contribution is 2.37. The fourth-order valence-electron chi connectivity index (χ4n) is 3.43. The molecule has 0 aromatic carbocycles. The molecule has 0 saturated carbocycles. The lowest BCUT2D eigenvalue weighted by Gasteiger charge is -2.41. The van der Waals surface area contributed by atoms with Gasteiger partial charge in [0.1, 0.15) is 0 Å². The van der Waals surface area contributed by atoms with E-state index in [0.717, 1.165) is 0 Å². The summed E-state index contributed by atoms with van der Waals surface area (Å²) in [6.45, 7) is 14.8. The molecule has 0 aromatic rings. The highest BCUT2D eigenvalue weighted by molar-refractivity contribution is 4.84. The van der Waals surface area contributed by atoms with Crippen molar-refractivity contribution in [1.29, 1.82) is 0 Å². The molecule has 0 spiro atoms. The average Bonchev–Trinajstić information content (AvgIpc) is 2.47. The van der Waals surface area contributed by atoms with Gasteiger partial charge >= 0.3 is 0 Å². The Kier molecular flexibility index (Phi) is 5.46. The van der Waals surface area contributed by atoms with Gasteiger partial charge in [-0.3, -0.25) is 4.90 Å². The molecule has 3 nitrogen and oxygen atoms in total. The molecule has 0 unspecified atom stereocenters. The minimum absolute atomic E-state index is 0.672. The monoisotopic (exact) mass is 253 g/mol. The Morgan fingerprint density at radius 1 is 0.833 bits per heavy atom. The fraction of sp³-hybridized carbons (Fsp3) is 1.00. The molecule has 2 heterocycles. The zero-order valence-electron chi connectivity index (χ0n) is 12.4. The summed E-state index contributed by atoms with van der Waals surface area (Å²) in [5.74, 6) is 0. The summed E-state index contributed by atoms with van der Waals surface area (Å²) < 4.78 is 0. The van der Waals surface area contributed by atoms with E-state index in [1.165, 1.54) is 78.0 Å². The van der Waals surface area contributed by atoms with Crippen LogP contribution in [0, 0.1) is 5.41 Å². The van der Waals surface area contributed by atoms with Crippen molar-refractivity contribution >= 4 is 0 Å². The van der Waals surface area contributed by atoms with E-state index < -0.39 is 0 Å². The summed E-state index contributed by atoms with van der Waals surface area (Å²) in [6.07, 6.45) is 5.58. The molecular weight excluding hydrogens is 222 g/mol. The normalized spacial score (nSPS) is 26.3. The van der Waals surface area contributed by atoms with Crippen LogP contribution in [0.3, 0.4) is 0 Å². The van der Waals surface area contributed by atoms with Gasteiger partial charge in [-0.15, -0.1) is 0 Å². The van der Waals surface area contributed by atoms with E-state index in [9.17, 15) is 0 Å². The van der Waals surface area contributed by atoms with E-state index in [1.54, 1.807) is 0 Å². The van der Waals surface area contributed by atoms with Crippen molar-refractivity contribution in [3.05, 3.63) is 0 Å². The molecular formula is C15H31N3. The van der Waals surface area contributed by atoms with E-state index in [0.29, 0.717) is 5.41 Å². The highest BCUT2D eigenvalue weighted by Gasteiger charge is 2.30. The second-order valence-corrected chi connectivity index (χ2v) is 6.14. The molecule has 0 aromatic heterocycles. The number of hydrogen-bond donors (Lipinski definition) is 1. The predicted molar refractivity (Wildman–Crippen MR) is 78.0 cm³/mol. The largest absolute Gasteiger partial charge is 0.314 e. The van der Waals surface area contributed by atoms with Crippen molar-refractivity contribution in [2.45, 2.75) is 39.5 Å². The maximum Gasteiger partial charge on any atom is 0.0110 e. The maximum absolute atomic E-state index is 3.42. The molecule has 0 amide bonds. The first-order valence-electron chi connectivity index (χ1n) is 7.93. The lowest BCUT2D eigenvalue weighted by molar-refractivity contribution is 0.0850. The van der Waals surface area contributed by atoms with Crippen molar-refractivity contribution in [3.8, 4) is 0 Å². The van der Waals surface area contributed by atoms with E-state index in [1.807, 2.05) is 0 Å². The highest BCUT2D eigenvalue weighted by atomic mass is 15.2. The summed E-state index contributed by atoms with van der Waals surface area (Å²) in [5.41, 5.74) is 0.672. The van der Waals surface area contributed by atoms with Crippen LogP contribution < -0.4 is 5.32 Å². The van der Waals surface area contributed by atoms with Crippen molar-refractivity contribution in [2.75, 3.05) is 52.4 Å². The molecule has 106 valence electrons. The number of piperidine rings is 1. The summed E-state index contributed by atoms with van der Waals surface area (Å²) in [7, 11) is 0. The zero-order valence-corrected chi connectivity index (χ0v) is 12.4. The smallest absolute Gasteiger partial charge is 0.0110 e. The van der Waals surface area contributed by atoms with Crippen LogP contribution in [-0.2, 0) is 0 Å². The summed E-state index contributed by atoms with van der Waals surface area (Å²) >= 11 is 0. The molecule has 2 aliphatic rings. The zero-order chi connectivity index (χ0) is 12.8. The van der Waals surface area contributed by atoms with Gasteiger partial charge in [-0.2, -0.15) is 0 Å². The number of likely N-dealkylation sites (tertiary alicyclic amines) is 1. The lowest BCUT2D eigenvalue weighted by Crippen LogP contribution is -2.48. The van der Waals surface area contributed by atoms with Gasteiger partial charge in [0.15, 0.2) is 0 Å². The predicted octanol–water partition coefficient (Wildman–Crippen LogP) is 1.79. The van der Waals surface area contributed by atoms with Crippen molar-refractivity contribution in [3.63, 3.8) is 0 Å². The van der Waals surface area contributed by atoms with Crippen LogP contribution >= 0.6 is 0 Å². The molecule has 0 atom stereocenters. The third kappa shape index (κ3) is 3.69. The van der Waals surface area contributed by atoms with Crippen LogP contribution in [0.5, 0.6) is 0 Å². The van der Waals surface area contributed by atoms with Gasteiger partial charge in [0.2, 0.25) is 0 Å². The van der Waals surface area contributed by atoms with Gasteiger partial charge in [0.05, 0.1) is 0 Å². The van der Waals surface area contributed by atoms with Gasteiger partial charge in [0.25, 0.3) is 0 Å². The van der Waals surface area contributed by atoms with Gasteiger partial charge < -0.3 is 10.2 Å². The van der Waals surface area contributed by atoms with Gasteiger partial charge in [-0.05, 0) is 31.3 Å². The first-order valence-corrected chi connectivity index (χ1v) is 7.93. The first kappa shape index (κ1) is 14.3. The third-order valence-electron chi connectivity index (χ3n) is 5.36. The molecule has 18 heavy (non-hydrogen) atoms. The van der Waals surface area contributed by atoms with Crippen molar-refractivity contribution in [2.24, 2.45) is 5.41 Å². The summed E-state index contributed by atoms with van der Waals surface area (Å²) in [4.78, 5) is 5.30. The minimum atomic E-state index is 0.672. The Balaban J connectivity index is 1.66. The molecule has 3 heteroatoms. The van der Waals surface area contributed by atoms with Crippen LogP contribution in [0.15, 0.2) is 0 Å². The van der Waals surface area contributed by atoms with E-state index >= 15 is 0 Å². The standard InChI is InChI=1S/C15H31N3/c1-3-15(4-2)5-9-17(10-6-15)13-14-18-11-7-16-8-12-18/h16H,3-14H2,1-2H3. The Labute approximate surface area is 113 Å².